The van der Waals surface area contributed by atoms with Crippen molar-refractivity contribution in [3.05, 3.63) is 29.7 Å². The number of hydrogen-bond donors (Lipinski definition) is 1. The van der Waals surface area contributed by atoms with Crippen LogP contribution in [-0.4, -0.2) is 35.7 Å². The molecule has 0 aliphatic carbocycles. The van der Waals surface area contributed by atoms with Crippen molar-refractivity contribution in [2.24, 2.45) is 7.05 Å². The summed E-state index contributed by atoms with van der Waals surface area (Å²) in [5.74, 6) is -0.0573. The van der Waals surface area contributed by atoms with Gasteiger partial charge < -0.3 is 4.42 Å². The van der Waals surface area contributed by atoms with E-state index < -0.39 is 0 Å². The van der Waals surface area contributed by atoms with E-state index in [0.29, 0.717) is 17.9 Å². The summed E-state index contributed by atoms with van der Waals surface area (Å²) in [5, 5.41) is 18.6. The van der Waals surface area contributed by atoms with Gasteiger partial charge in [-0.25, -0.2) is 0 Å². The van der Waals surface area contributed by atoms with Gasteiger partial charge in [0.15, 0.2) is 0 Å². The maximum Gasteiger partial charge on any atom is 0.322 e. The van der Waals surface area contributed by atoms with E-state index in [-0.39, 0.29) is 17.8 Å². The Labute approximate surface area is 125 Å². The van der Waals surface area contributed by atoms with Gasteiger partial charge in [0.05, 0.1) is 5.69 Å². The average molecular weight is 301 g/mol. The molecule has 1 amide bonds. The molecule has 3 rings (SSSR count). The zero-order chi connectivity index (χ0) is 15.7. The van der Waals surface area contributed by atoms with Crippen molar-refractivity contribution in [2.45, 2.75) is 20.4 Å². The summed E-state index contributed by atoms with van der Waals surface area (Å²) >= 11 is 0. The number of rotatable bonds is 4. The highest BCUT2D eigenvalue weighted by atomic mass is 16.4. The average Bonchev–Trinajstić information content (AvgIpc) is 3.18. The summed E-state index contributed by atoms with van der Waals surface area (Å²) in [5.41, 5.74) is 1.89. The molecule has 3 aromatic heterocycles. The maximum atomic E-state index is 12.3. The van der Waals surface area contributed by atoms with Crippen molar-refractivity contribution in [3.63, 3.8) is 0 Å². The van der Waals surface area contributed by atoms with Crippen LogP contribution in [-0.2, 0) is 13.6 Å². The molecule has 114 valence electrons. The molecule has 9 heteroatoms. The molecule has 0 saturated heterocycles. The Morgan fingerprint density at radius 2 is 2.23 bits per heavy atom. The summed E-state index contributed by atoms with van der Waals surface area (Å²) < 4.78 is 8.66. The second-order valence-electron chi connectivity index (χ2n) is 4.69. The first-order valence-electron chi connectivity index (χ1n) is 6.76. The summed E-state index contributed by atoms with van der Waals surface area (Å²) in [6, 6.07) is 3.48. The predicted octanol–water partition coefficient (Wildman–Crippen LogP) is 1.25. The van der Waals surface area contributed by atoms with Gasteiger partial charge in [-0.05, 0) is 26.0 Å². The van der Waals surface area contributed by atoms with Gasteiger partial charge in [0.1, 0.15) is 11.4 Å². The summed E-state index contributed by atoms with van der Waals surface area (Å²) in [4.78, 5) is 12.3. The number of hydrogen-bond acceptors (Lipinski definition) is 6. The zero-order valence-corrected chi connectivity index (χ0v) is 12.4. The van der Waals surface area contributed by atoms with Crippen LogP contribution in [0.25, 0.3) is 11.6 Å². The lowest BCUT2D eigenvalue weighted by atomic mass is 10.3. The highest BCUT2D eigenvalue weighted by Crippen LogP contribution is 2.19. The van der Waals surface area contributed by atoms with Gasteiger partial charge in [-0.15, -0.1) is 5.10 Å². The van der Waals surface area contributed by atoms with Crippen molar-refractivity contribution in [3.8, 4) is 11.6 Å². The van der Waals surface area contributed by atoms with Crippen molar-refractivity contribution in [1.29, 1.82) is 0 Å². The van der Waals surface area contributed by atoms with E-state index in [1.165, 1.54) is 0 Å². The molecule has 22 heavy (non-hydrogen) atoms. The molecule has 0 radical (unpaired) electrons. The number of amides is 1. The summed E-state index contributed by atoms with van der Waals surface area (Å²) in [7, 11) is 1.76. The topological polar surface area (TPSA) is 104 Å². The van der Waals surface area contributed by atoms with Gasteiger partial charge in [0.2, 0.25) is 0 Å². The molecule has 0 unspecified atom stereocenters. The number of nitrogens with zero attached hydrogens (tertiary/aromatic N) is 6. The van der Waals surface area contributed by atoms with E-state index in [2.05, 4.69) is 25.7 Å². The smallest absolute Gasteiger partial charge is 0.322 e. The second kappa shape index (κ2) is 5.43. The monoisotopic (exact) mass is 301 g/mol. The fraction of sp³-hybridized carbons (Fsp3) is 0.308. The largest absolute Gasteiger partial charge is 0.401 e. The number of aromatic nitrogens is 6. The molecule has 0 atom stereocenters. The number of anilines is 1. The lowest BCUT2D eigenvalue weighted by molar-refractivity contribution is 0.101. The maximum absolute atomic E-state index is 12.3. The van der Waals surface area contributed by atoms with E-state index in [1.54, 1.807) is 34.7 Å². The van der Waals surface area contributed by atoms with Crippen LogP contribution in [0.4, 0.5) is 6.01 Å². The molecule has 1 N–H and O–H groups in total. The molecule has 0 aliphatic heterocycles. The molecule has 0 spiro atoms. The Morgan fingerprint density at radius 3 is 2.91 bits per heavy atom. The van der Waals surface area contributed by atoms with Crippen molar-refractivity contribution >= 4 is 11.9 Å². The molecule has 9 nitrogen and oxygen atoms in total. The van der Waals surface area contributed by atoms with Crippen LogP contribution in [0.1, 0.15) is 23.1 Å². The molecular formula is C13H15N7O2. The van der Waals surface area contributed by atoms with Gasteiger partial charge in [-0.2, -0.15) is 10.2 Å². The van der Waals surface area contributed by atoms with Crippen LogP contribution in [0.15, 0.2) is 22.7 Å². The first-order chi connectivity index (χ1) is 10.6. The molecule has 3 heterocycles. The SMILES string of the molecule is CCn1nc(C)cc1C(=O)Nc1nnc(-c2ccnn2C)o1. The van der Waals surface area contributed by atoms with Crippen molar-refractivity contribution in [1.82, 2.24) is 29.8 Å². The summed E-state index contributed by atoms with van der Waals surface area (Å²) in [6.45, 7) is 4.34. The molecular weight excluding hydrogens is 286 g/mol. The third kappa shape index (κ3) is 2.48. The van der Waals surface area contributed by atoms with Crippen LogP contribution in [0, 0.1) is 6.92 Å². The zero-order valence-electron chi connectivity index (χ0n) is 12.4. The fourth-order valence-electron chi connectivity index (χ4n) is 2.09. The van der Waals surface area contributed by atoms with Crippen LogP contribution < -0.4 is 5.32 Å². The normalized spacial score (nSPS) is 10.9. The molecule has 0 fully saturated rings. The standard InChI is InChI=1S/C13H15N7O2/c1-4-20-10(7-8(2)18-20)11(21)15-13-17-16-12(22-13)9-5-6-14-19(9)3/h5-7H,4H2,1-3H3,(H,15,17,21). The van der Waals surface area contributed by atoms with Gasteiger partial charge in [-0.3, -0.25) is 19.5 Å². The van der Waals surface area contributed by atoms with E-state index in [4.69, 9.17) is 4.42 Å². The van der Waals surface area contributed by atoms with Crippen molar-refractivity contribution < 1.29 is 9.21 Å². The highest BCUT2D eigenvalue weighted by Gasteiger charge is 2.17. The molecule has 0 aliphatic rings. The van der Waals surface area contributed by atoms with Crippen LogP contribution >= 0.6 is 0 Å². The molecule has 0 aromatic carbocycles. The van der Waals surface area contributed by atoms with Gasteiger partial charge in [-0.1, -0.05) is 5.10 Å². The van der Waals surface area contributed by atoms with Gasteiger partial charge in [0.25, 0.3) is 11.8 Å². The molecule has 0 saturated carbocycles. The van der Waals surface area contributed by atoms with Crippen LogP contribution in [0.5, 0.6) is 0 Å². The summed E-state index contributed by atoms with van der Waals surface area (Å²) in [6.07, 6.45) is 1.63. The number of aryl methyl sites for hydroxylation is 3. The number of carbonyl (C=O) groups excluding carboxylic acids is 1. The van der Waals surface area contributed by atoms with Gasteiger partial charge in [0, 0.05) is 19.8 Å². The third-order valence-corrected chi connectivity index (χ3v) is 3.12. The minimum Gasteiger partial charge on any atom is -0.401 e. The first-order valence-corrected chi connectivity index (χ1v) is 6.76. The quantitative estimate of drug-likeness (QED) is 0.777. The van der Waals surface area contributed by atoms with E-state index in [1.807, 2.05) is 13.8 Å². The predicted molar refractivity (Wildman–Crippen MR) is 77.1 cm³/mol. The lowest BCUT2D eigenvalue weighted by Gasteiger charge is -2.02. The minimum absolute atomic E-state index is 0.0303. The van der Waals surface area contributed by atoms with Crippen LogP contribution in [0.2, 0.25) is 0 Å². The van der Waals surface area contributed by atoms with E-state index in [9.17, 15) is 4.79 Å². The minimum atomic E-state index is -0.345. The van der Waals surface area contributed by atoms with Crippen LogP contribution in [0.3, 0.4) is 0 Å². The number of nitrogens with one attached hydrogen (secondary N) is 1. The Morgan fingerprint density at radius 1 is 1.41 bits per heavy atom. The first kappa shape index (κ1) is 14.0. The van der Waals surface area contributed by atoms with Crippen molar-refractivity contribution in [2.75, 3.05) is 5.32 Å². The third-order valence-electron chi connectivity index (χ3n) is 3.12. The van der Waals surface area contributed by atoms with E-state index >= 15 is 0 Å². The fourth-order valence-corrected chi connectivity index (χ4v) is 2.09. The lowest BCUT2D eigenvalue weighted by Crippen LogP contribution is -2.17. The molecule has 3 aromatic rings. The number of carbonyl (C=O) groups is 1. The van der Waals surface area contributed by atoms with E-state index in [0.717, 1.165) is 5.69 Å². The second-order valence-corrected chi connectivity index (χ2v) is 4.69. The van der Waals surface area contributed by atoms with Gasteiger partial charge >= 0.3 is 6.01 Å². The Balaban J connectivity index is 1.80. The molecule has 0 bridgehead atoms. The Hall–Kier alpha value is -2.97. The Kier molecular flexibility index (Phi) is 3.45. The Bertz CT molecular complexity index is 814. The highest BCUT2D eigenvalue weighted by molar-refractivity contribution is 6.01.